The summed E-state index contributed by atoms with van der Waals surface area (Å²) in [5, 5.41) is 34.6. The number of ether oxygens (including phenoxy) is 1. The molecule has 1 N–H and O–H groups in total. The minimum Gasteiger partial charge on any atom is -0.506 e. The molecular weight excluding hydrogens is 506 g/mol. The van der Waals surface area contributed by atoms with Gasteiger partial charge >= 0.3 is 0 Å². The number of aliphatic hydroxyl groups is 1. The van der Waals surface area contributed by atoms with E-state index in [1.54, 1.807) is 19.1 Å². The normalized spacial score (nSPS) is 19.7. The molecule has 9 nitrogen and oxygen atoms in total. The smallest absolute Gasteiger partial charge is 0.276 e. The third kappa shape index (κ3) is 4.37. The number of amides is 1. The van der Waals surface area contributed by atoms with Crippen LogP contribution in [0.5, 0.6) is 0 Å². The molecule has 40 heavy (non-hydrogen) atoms. The van der Waals surface area contributed by atoms with Gasteiger partial charge in [-0.1, -0.05) is 36.4 Å². The molecule has 0 saturated carbocycles. The van der Waals surface area contributed by atoms with Gasteiger partial charge in [0.25, 0.3) is 5.91 Å². The summed E-state index contributed by atoms with van der Waals surface area (Å²) in [7, 11) is 1.51. The van der Waals surface area contributed by atoms with Gasteiger partial charge in [-0.25, -0.2) is 5.01 Å². The minimum atomic E-state index is -0.411. The maximum atomic E-state index is 12.9. The number of ketones is 1. The van der Waals surface area contributed by atoms with Gasteiger partial charge < -0.3 is 14.7 Å². The Morgan fingerprint density at radius 3 is 2.40 bits per heavy atom. The number of anilines is 1. The van der Waals surface area contributed by atoms with E-state index in [1.807, 2.05) is 55.5 Å². The Bertz CT molecular complexity index is 1620. The highest BCUT2D eigenvalue weighted by Crippen LogP contribution is 2.43. The Balaban J connectivity index is 1.27. The molecule has 3 aliphatic rings. The van der Waals surface area contributed by atoms with Crippen molar-refractivity contribution >= 4 is 34.2 Å². The van der Waals surface area contributed by atoms with E-state index in [0.29, 0.717) is 30.8 Å². The van der Waals surface area contributed by atoms with Crippen LogP contribution < -0.4 is 4.90 Å². The lowest BCUT2D eigenvalue weighted by Crippen LogP contribution is -2.28. The number of fused-ring (bicyclic) bond motifs is 1. The average Bonchev–Trinajstić information content (AvgIpc) is 3.44. The average molecular weight is 534 g/mol. The number of aliphatic hydroxyl groups excluding tert-OH is 1. The van der Waals surface area contributed by atoms with Crippen LogP contribution in [0.4, 0.5) is 5.69 Å². The van der Waals surface area contributed by atoms with Crippen molar-refractivity contribution in [2.24, 2.45) is 5.10 Å². The number of benzene rings is 2. The van der Waals surface area contributed by atoms with Gasteiger partial charge in [-0.15, -0.1) is 0 Å². The number of rotatable bonds is 7. The molecule has 2 aliphatic carbocycles. The van der Waals surface area contributed by atoms with Crippen LogP contribution in [0.15, 0.2) is 76.1 Å². The fourth-order valence-electron chi connectivity index (χ4n) is 5.44. The second kappa shape index (κ2) is 10.6. The SMILES string of the molecule is CCN(CCOC1CC(=C(C#N)C#N)c2ccccc21)c1ccc(C2=C(O)C(=C3C(=O)N(C)N=C3C)C2=O)cc1. The first kappa shape index (κ1) is 26.6. The summed E-state index contributed by atoms with van der Waals surface area (Å²) < 4.78 is 6.23. The molecule has 1 amide bonds. The van der Waals surface area contributed by atoms with E-state index >= 15 is 0 Å². The van der Waals surface area contributed by atoms with Crippen molar-refractivity contribution in [3.05, 3.63) is 87.7 Å². The monoisotopic (exact) mass is 533 g/mol. The largest absolute Gasteiger partial charge is 0.506 e. The standard InChI is InChI=1S/C31H27N5O4/c1-4-36(13-14-40-25-15-24(20(16-32)17-33)22-7-5-6-8-23(22)25)21-11-9-19(10-12-21)27-29(37)28(30(27)38)26-18(2)34-35(3)31(26)39/h5-12,25,37H,4,13-15H2,1-3H3. The number of hydrogen-bond donors (Lipinski definition) is 1. The second-order valence-corrected chi connectivity index (χ2v) is 9.67. The molecule has 1 atom stereocenters. The van der Waals surface area contributed by atoms with Crippen LogP contribution in [0.1, 0.15) is 43.1 Å². The fraction of sp³-hybridized carbons (Fsp3) is 0.258. The van der Waals surface area contributed by atoms with Gasteiger partial charge in [0, 0.05) is 32.2 Å². The zero-order valence-corrected chi connectivity index (χ0v) is 22.4. The number of carbonyl (C=O) groups is 2. The molecule has 9 heteroatoms. The van der Waals surface area contributed by atoms with E-state index < -0.39 is 5.91 Å². The number of hydrazone groups is 1. The zero-order chi connectivity index (χ0) is 28.6. The van der Waals surface area contributed by atoms with Crippen molar-refractivity contribution in [2.45, 2.75) is 26.4 Å². The summed E-state index contributed by atoms with van der Waals surface area (Å²) >= 11 is 0. The Labute approximate surface area is 232 Å². The van der Waals surface area contributed by atoms with Crippen LogP contribution in [0.25, 0.3) is 11.1 Å². The number of carbonyl (C=O) groups excluding carboxylic acids is 2. The topological polar surface area (TPSA) is 130 Å². The number of likely N-dealkylation sites (N-methyl/N-ethyl adjacent to an activating group) is 2. The molecule has 200 valence electrons. The number of nitrogens with zero attached hydrogens (tertiary/aromatic N) is 5. The van der Waals surface area contributed by atoms with Crippen LogP contribution in [-0.4, -0.2) is 54.3 Å². The first-order chi connectivity index (χ1) is 19.3. The summed E-state index contributed by atoms with van der Waals surface area (Å²) in [5.74, 6) is -0.972. The Hall–Kier alpha value is -4.99. The van der Waals surface area contributed by atoms with Crippen LogP contribution in [0.2, 0.25) is 0 Å². The van der Waals surface area contributed by atoms with E-state index in [-0.39, 0.29) is 39.9 Å². The molecular formula is C31H27N5O4. The molecule has 0 bridgehead atoms. The lowest BCUT2D eigenvalue weighted by atomic mass is 9.80. The van der Waals surface area contributed by atoms with Crippen LogP contribution in [-0.2, 0) is 14.3 Å². The second-order valence-electron chi connectivity index (χ2n) is 9.67. The first-order valence-electron chi connectivity index (χ1n) is 13.0. The highest BCUT2D eigenvalue weighted by atomic mass is 16.5. The van der Waals surface area contributed by atoms with Gasteiger partial charge in [0.1, 0.15) is 23.5 Å². The minimum absolute atomic E-state index is 0.0187. The van der Waals surface area contributed by atoms with E-state index in [9.17, 15) is 25.2 Å². The van der Waals surface area contributed by atoms with Gasteiger partial charge in [0.05, 0.1) is 35.1 Å². The Morgan fingerprint density at radius 2 is 1.80 bits per heavy atom. The summed E-state index contributed by atoms with van der Waals surface area (Å²) in [6.07, 6.45) is 0.251. The van der Waals surface area contributed by atoms with E-state index in [4.69, 9.17) is 4.74 Å². The van der Waals surface area contributed by atoms with E-state index in [2.05, 4.69) is 10.0 Å². The molecule has 5 rings (SSSR count). The van der Waals surface area contributed by atoms with Crippen LogP contribution in [0, 0.1) is 22.7 Å². The molecule has 0 saturated heterocycles. The van der Waals surface area contributed by atoms with Crippen LogP contribution >= 0.6 is 0 Å². The maximum Gasteiger partial charge on any atom is 0.276 e. The van der Waals surface area contributed by atoms with E-state index in [1.165, 1.54) is 7.05 Å². The quantitative estimate of drug-likeness (QED) is 0.410. The zero-order valence-electron chi connectivity index (χ0n) is 22.4. The molecule has 0 spiro atoms. The van der Waals surface area contributed by atoms with Crippen molar-refractivity contribution in [3.8, 4) is 12.1 Å². The summed E-state index contributed by atoms with van der Waals surface area (Å²) in [6.45, 7) is 5.43. The van der Waals surface area contributed by atoms with Gasteiger partial charge in [-0.05, 0) is 48.2 Å². The third-order valence-corrected chi connectivity index (χ3v) is 7.48. The highest BCUT2D eigenvalue weighted by Gasteiger charge is 2.42. The van der Waals surface area contributed by atoms with Gasteiger partial charge in [-0.3, -0.25) is 9.59 Å². The summed E-state index contributed by atoms with van der Waals surface area (Å²) in [5.41, 5.74) is 4.97. The van der Waals surface area contributed by atoms with Crippen molar-refractivity contribution in [1.29, 1.82) is 10.5 Å². The fourth-order valence-corrected chi connectivity index (χ4v) is 5.44. The van der Waals surface area contributed by atoms with Gasteiger partial charge in [-0.2, -0.15) is 15.6 Å². The number of Topliss-reactive ketones (excluding diaryl/α,β-unsaturated/α-hetero) is 1. The molecule has 2 aromatic carbocycles. The molecule has 2 aromatic rings. The molecule has 0 radical (unpaired) electrons. The lowest BCUT2D eigenvalue weighted by molar-refractivity contribution is -0.125. The Kier molecular flexibility index (Phi) is 7.08. The lowest BCUT2D eigenvalue weighted by Gasteiger charge is -2.26. The summed E-state index contributed by atoms with van der Waals surface area (Å²) in [4.78, 5) is 27.4. The molecule has 1 heterocycles. The van der Waals surface area contributed by atoms with Crippen LogP contribution in [0.3, 0.4) is 0 Å². The van der Waals surface area contributed by atoms with Crippen molar-refractivity contribution in [3.63, 3.8) is 0 Å². The van der Waals surface area contributed by atoms with Gasteiger partial charge in [0.2, 0.25) is 5.78 Å². The first-order valence-corrected chi connectivity index (χ1v) is 13.0. The molecule has 1 unspecified atom stereocenters. The number of nitriles is 2. The van der Waals surface area contributed by atoms with E-state index in [0.717, 1.165) is 33.9 Å². The molecule has 1 aliphatic heterocycles. The predicted molar refractivity (Wildman–Crippen MR) is 150 cm³/mol. The Morgan fingerprint density at radius 1 is 1.10 bits per heavy atom. The maximum absolute atomic E-state index is 12.9. The molecule has 0 fully saturated rings. The van der Waals surface area contributed by atoms with Crippen molar-refractivity contribution in [2.75, 3.05) is 31.6 Å². The van der Waals surface area contributed by atoms with Gasteiger partial charge in [0.15, 0.2) is 0 Å². The number of allylic oxidation sites excluding steroid dienone is 3. The molecule has 0 aromatic heterocycles. The third-order valence-electron chi connectivity index (χ3n) is 7.48. The summed E-state index contributed by atoms with van der Waals surface area (Å²) in [6, 6.07) is 19.0. The van der Waals surface area contributed by atoms with Crippen molar-refractivity contribution < 1.29 is 19.4 Å². The predicted octanol–water partition coefficient (Wildman–Crippen LogP) is 4.47. The van der Waals surface area contributed by atoms with Crippen molar-refractivity contribution in [1.82, 2.24) is 5.01 Å². The highest BCUT2D eigenvalue weighted by molar-refractivity contribution is 6.43. The number of hydrogen-bond acceptors (Lipinski definition) is 8.